The Hall–Kier alpha value is -1.20. The van der Waals surface area contributed by atoms with Gasteiger partial charge < -0.3 is 5.32 Å². The molecule has 3 rings (SSSR count). The Kier molecular flexibility index (Phi) is 2.58. The Morgan fingerprint density at radius 1 is 1.33 bits per heavy atom. The zero-order chi connectivity index (χ0) is 9.54. The molecule has 5 nitrogen and oxygen atoms in total. The molecule has 0 aliphatic carbocycles. The molecule has 0 unspecified atom stereocenters. The van der Waals surface area contributed by atoms with Gasteiger partial charge in [0.1, 0.15) is 5.52 Å². The van der Waals surface area contributed by atoms with Crippen molar-refractivity contribution in [3.63, 3.8) is 0 Å². The minimum atomic E-state index is 0. The minimum absolute atomic E-state index is 0. The number of aryl methyl sites for hydroxylation is 1. The first-order valence-corrected chi connectivity index (χ1v) is 4.70. The summed E-state index contributed by atoms with van der Waals surface area (Å²) in [6.45, 7) is 2.01. The van der Waals surface area contributed by atoms with E-state index in [0.29, 0.717) is 5.92 Å². The quantitative estimate of drug-likeness (QED) is 0.767. The first-order chi connectivity index (χ1) is 6.86. The average molecular weight is 226 g/mol. The molecule has 1 saturated heterocycles. The molecule has 0 amide bonds. The van der Waals surface area contributed by atoms with Crippen molar-refractivity contribution < 1.29 is 0 Å². The van der Waals surface area contributed by atoms with Crippen LogP contribution in [0.2, 0.25) is 0 Å². The van der Waals surface area contributed by atoms with Gasteiger partial charge in [0.05, 0.1) is 5.69 Å². The largest absolute Gasteiger partial charge is 0.315 e. The van der Waals surface area contributed by atoms with E-state index in [2.05, 4.69) is 20.4 Å². The fraction of sp³-hybridized carbons (Fsp3) is 0.444. The standard InChI is InChI=1S/C9H11N5.ClH/c1-14-9-8(11-2-3-12-9)7(13-14)6-4-10-5-6;/h2-3,6,10H,4-5H2,1H3;1H. The molecule has 1 fully saturated rings. The summed E-state index contributed by atoms with van der Waals surface area (Å²) in [7, 11) is 1.91. The van der Waals surface area contributed by atoms with E-state index in [1.54, 1.807) is 17.1 Å². The highest BCUT2D eigenvalue weighted by atomic mass is 35.5. The van der Waals surface area contributed by atoms with E-state index in [1.165, 1.54) is 0 Å². The van der Waals surface area contributed by atoms with E-state index in [4.69, 9.17) is 0 Å². The summed E-state index contributed by atoms with van der Waals surface area (Å²) in [6.07, 6.45) is 3.42. The number of nitrogens with one attached hydrogen (secondary N) is 1. The van der Waals surface area contributed by atoms with Gasteiger partial charge >= 0.3 is 0 Å². The van der Waals surface area contributed by atoms with E-state index < -0.39 is 0 Å². The summed E-state index contributed by atoms with van der Waals surface area (Å²) in [4.78, 5) is 8.59. The van der Waals surface area contributed by atoms with E-state index in [0.717, 1.165) is 29.9 Å². The summed E-state index contributed by atoms with van der Waals surface area (Å²) in [5.74, 6) is 0.510. The third-order valence-electron chi connectivity index (χ3n) is 2.65. The number of hydrogen-bond acceptors (Lipinski definition) is 4. The Balaban J connectivity index is 0.000000853. The maximum absolute atomic E-state index is 4.46. The summed E-state index contributed by atoms with van der Waals surface area (Å²) in [6, 6.07) is 0. The Bertz CT molecular complexity index is 476. The molecule has 0 saturated carbocycles. The van der Waals surface area contributed by atoms with Gasteiger partial charge in [0.25, 0.3) is 0 Å². The molecule has 0 bridgehead atoms. The Morgan fingerprint density at radius 2 is 2.07 bits per heavy atom. The van der Waals surface area contributed by atoms with Gasteiger partial charge in [-0.15, -0.1) is 12.4 Å². The van der Waals surface area contributed by atoms with Crippen LogP contribution in [0.25, 0.3) is 11.2 Å². The van der Waals surface area contributed by atoms with Crippen molar-refractivity contribution in [3.8, 4) is 0 Å². The smallest absolute Gasteiger partial charge is 0.176 e. The van der Waals surface area contributed by atoms with Crippen LogP contribution in [-0.4, -0.2) is 32.8 Å². The van der Waals surface area contributed by atoms with Gasteiger partial charge in [0.15, 0.2) is 5.65 Å². The number of aromatic nitrogens is 4. The van der Waals surface area contributed by atoms with Gasteiger partial charge in [0.2, 0.25) is 0 Å². The van der Waals surface area contributed by atoms with Crippen molar-refractivity contribution in [2.24, 2.45) is 7.05 Å². The number of fused-ring (bicyclic) bond motifs is 1. The minimum Gasteiger partial charge on any atom is -0.315 e. The van der Waals surface area contributed by atoms with Crippen LogP contribution in [0.4, 0.5) is 0 Å². The fourth-order valence-electron chi connectivity index (χ4n) is 1.76. The molecule has 0 spiro atoms. The van der Waals surface area contributed by atoms with Crippen molar-refractivity contribution in [2.45, 2.75) is 5.92 Å². The summed E-state index contributed by atoms with van der Waals surface area (Å²) < 4.78 is 1.80. The van der Waals surface area contributed by atoms with Crippen LogP contribution >= 0.6 is 12.4 Å². The molecule has 1 N–H and O–H groups in total. The second-order valence-electron chi connectivity index (χ2n) is 3.59. The van der Waals surface area contributed by atoms with E-state index >= 15 is 0 Å². The van der Waals surface area contributed by atoms with Crippen molar-refractivity contribution in [2.75, 3.05) is 13.1 Å². The molecular weight excluding hydrogens is 214 g/mol. The lowest BCUT2D eigenvalue weighted by atomic mass is 9.99. The van der Waals surface area contributed by atoms with Crippen LogP contribution < -0.4 is 5.32 Å². The SMILES string of the molecule is Cl.Cn1nc(C2CNC2)c2nccnc21. The van der Waals surface area contributed by atoms with Crippen LogP contribution in [-0.2, 0) is 7.05 Å². The van der Waals surface area contributed by atoms with E-state index in [9.17, 15) is 0 Å². The monoisotopic (exact) mass is 225 g/mol. The van der Waals surface area contributed by atoms with Crippen molar-refractivity contribution >= 4 is 23.6 Å². The number of hydrogen-bond donors (Lipinski definition) is 1. The van der Waals surface area contributed by atoms with Crippen molar-refractivity contribution in [3.05, 3.63) is 18.1 Å². The molecule has 0 atom stereocenters. The molecule has 1 aliphatic rings. The number of rotatable bonds is 1. The molecule has 80 valence electrons. The van der Waals surface area contributed by atoms with E-state index in [-0.39, 0.29) is 12.4 Å². The van der Waals surface area contributed by atoms with Crippen molar-refractivity contribution in [1.82, 2.24) is 25.1 Å². The van der Waals surface area contributed by atoms with Gasteiger partial charge in [-0.1, -0.05) is 0 Å². The van der Waals surface area contributed by atoms with Crippen LogP contribution in [0.1, 0.15) is 11.6 Å². The fourth-order valence-corrected chi connectivity index (χ4v) is 1.76. The van der Waals surface area contributed by atoms with Crippen LogP contribution in [0, 0.1) is 0 Å². The van der Waals surface area contributed by atoms with Crippen LogP contribution in [0.15, 0.2) is 12.4 Å². The molecule has 2 aromatic rings. The maximum atomic E-state index is 4.46. The average Bonchev–Trinajstić information content (AvgIpc) is 2.43. The summed E-state index contributed by atoms with van der Waals surface area (Å²) in [5, 5.41) is 7.70. The molecule has 1 aliphatic heterocycles. The van der Waals surface area contributed by atoms with E-state index in [1.807, 2.05) is 7.05 Å². The normalized spacial score (nSPS) is 16.1. The predicted octanol–water partition coefficient (Wildman–Crippen LogP) is 0.472. The highest BCUT2D eigenvalue weighted by molar-refractivity contribution is 5.85. The molecule has 6 heteroatoms. The first kappa shape index (κ1) is 10.3. The zero-order valence-electron chi connectivity index (χ0n) is 8.34. The molecule has 15 heavy (non-hydrogen) atoms. The zero-order valence-corrected chi connectivity index (χ0v) is 9.16. The number of nitrogens with zero attached hydrogens (tertiary/aromatic N) is 4. The molecule has 3 heterocycles. The van der Waals surface area contributed by atoms with Crippen LogP contribution in [0.3, 0.4) is 0 Å². The highest BCUT2D eigenvalue weighted by Crippen LogP contribution is 2.23. The predicted molar refractivity (Wildman–Crippen MR) is 59.2 cm³/mol. The third kappa shape index (κ3) is 1.48. The van der Waals surface area contributed by atoms with Gasteiger partial charge in [-0.05, 0) is 0 Å². The lowest BCUT2D eigenvalue weighted by Gasteiger charge is -2.25. The highest BCUT2D eigenvalue weighted by Gasteiger charge is 2.25. The molecular formula is C9H12ClN5. The number of halogens is 1. The second kappa shape index (κ2) is 3.75. The first-order valence-electron chi connectivity index (χ1n) is 4.70. The lowest BCUT2D eigenvalue weighted by Crippen LogP contribution is -2.40. The van der Waals surface area contributed by atoms with Gasteiger partial charge in [0, 0.05) is 38.4 Å². The summed E-state index contributed by atoms with van der Waals surface area (Å²) in [5.41, 5.74) is 2.89. The molecule has 0 aromatic carbocycles. The third-order valence-corrected chi connectivity index (χ3v) is 2.65. The molecule has 2 aromatic heterocycles. The van der Waals surface area contributed by atoms with Crippen molar-refractivity contribution in [1.29, 1.82) is 0 Å². The van der Waals surface area contributed by atoms with Crippen LogP contribution in [0.5, 0.6) is 0 Å². The Morgan fingerprint density at radius 3 is 2.73 bits per heavy atom. The van der Waals surface area contributed by atoms with Gasteiger partial charge in [-0.2, -0.15) is 5.10 Å². The topological polar surface area (TPSA) is 55.6 Å². The summed E-state index contributed by atoms with van der Waals surface area (Å²) >= 11 is 0. The lowest BCUT2D eigenvalue weighted by molar-refractivity contribution is 0.438. The maximum Gasteiger partial charge on any atom is 0.176 e. The molecule has 0 radical (unpaired) electrons. The van der Waals surface area contributed by atoms with Gasteiger partial charge in [-0.3, -0.25) is 0 Å². The second-order valence-corrected chi connectivity index (χ2v) is 3.59. The Labute approximate surface area is 93.3 Å². The van der Waals surface area contributed by atoms with Gasteiger partial charge in [-0.25, -0.2) is 14.6 Å².